The van der Waals surface area contributed by atoms with Crippen molar-refractivity contribution in [3.05, 3.63) is 23.0 Å². The Kier molecular flexibility index (Phi) is 3.85. The van der Waals surface area contributed by atoms with Crippen molar-refractivity contribution in [3.8, 4) is 0 Å². The number of nitrogens with zero attached hydrogens (tertiary/aromatic N) is 1. The van der Waals surface area contributed by atoms with Crippen molar-refractivity contribution in [3.63, 3.8) is 0 Å². The highest BCUT2D eigenvalue weighted by Crippen LogP contribution is 2.31. The average molecular weight is 334 g/mol. The number of halogens is 2. The van der Waals surface area contributed by atoms with Crippen LogP contribution < -0.4 is 10.5 Å². The number of hydrogen-bond donors (Lipinski definition) is 2. The van der Waals surface area contributed by atoms with E-state index in [9.17, 15) is 12.8 Å². The lowest BCUT2D eigenvalue weighted by Gasteiger charge is -2.16. The Bertz CT molecular complexity index is 664. The maximum Gasteiger partial charge on any atom is 0.242 e. The molecule has 2 aliphatic rings. The highest BCUT2D eigenvalue weighted by molar-refractivity contribution is 7.89. The number of hydrogen-bond acceptors (Lipinski definition) is 4. The van der Waals surface area contributed by atoms with Crippen molar-refractivity contribution in [2.75, 3.05) is 18.8 Å². The molecule has 1 aromatic carbocycles. The summed E-state index contributed by atoms with van der Waals surface area (Å²) in [5.74, 6) is -0.722. The van der Waals surface area contributed by atoms with Crippen LogP contribution in [0.5, 0.6) is 0 Å². The van der Waals surface area contributed by atoms with Gasteiger partial charge in [-0.2, -0.15) is 0 Å². The molecule has 8 heteroatoms. The third-order valence-corrected chi connectivity index (χ3v) is 5.93. The van der Waals surface area contributed by atoms with Gasteiger partial charge in [-0.3, -0.25) is 4.90 Å². The van der Waals surface area contributed by atoms with Gasteiger partial charge in [0.15, 0.2) is 0 Å². The van der Waals surface area contributed by atoms with Crippen LogP contribution in [0.1, 0.15) is 19.3 Å². The van der Waals surface area contributed by atoms with Crippen molar-refractivity contribution >= 4 is 27.3 Å². The quantitative estimate of drug-likeness (QED) is 0.820. The summed E-state index contributed by atoms with van der Waals surface area (Å²) in [5, 5.41) is -0.161. The van der Waals surface area contributed by atoms with Gasteiger partial charge in [0.1, 0.15) is 10.7 Å². The molecule has 1 heterocycles. The second kappa shape index (κ2) is 5.39. The van der Waals surface area contributed by atoms with E-state index in [0.29, 0.717) is 12.6 Å². The van der Waals surface area contributed by atoms with Gasteiger partial charge in [0.05, 0.1) is 10.7 Å². The zero-order valence-corrected chi connectivity index (χ0v) is 12.9. The molecule has 116 valence electrons. The molecule has 1 saturated heterocycles. The van der Waals surface area contributed by atoms with E-state index in [-0.39, 0.29) is 21.6 Å². The Hall–Kier alpha value is -0.890. The molecule has 3 N–H and O–H groups in total. The normalized spacial score (nSPS) is 23.6. The van der Waals surface area contributed by atoms with E-state index in [2.05, 4.69) is 9.62 Å². The Morgan fingerprint density at radius 2 is 2.05 bits per heavy atom. The molecule has 1 aliphatic heterocycles. The molecule has 1 atom stereocenters. The minimum absolute atomic E-state index is 0.141. The fourth-order valence-electron chi connectivity index (χ4n) is 2.69. The van der Waals surface area contributed by atoms with E-state index >= 15 is 0 Å². The summed E-state index contributed by atoms with van der Waals surface area (Å²) < 4.78 is 40.7. The molecular weight excluding hydrogens is 317 g/mol. The molecule has 0 radical (unpaired) electrons. The fourth-order valence-corrected chi connectivity index (χ4v) is 4.50. The smallest absolute Gasteiger partial charge is 0.242 e. The molecule has 0 bridgehead atoms. The zero-order chi connectivity index (χ0) is 15.2. The highest BCUT2D eigenvalue weighted by atomic mass is 35.5. The van der Waals surface area contributed by atoms with Crippen LogP contribution in [-0.4, -0.2) is 38.5 Å². The van der Waals surface area contributed by atoms with Crippen LogP contribution in [0.15, 0.2) is 17.0 Å². The summed E-state index contributed by atoms with van der Waals surface area (Å²) in [7, 11) is -3.80. The summed E-state index contributed by atoms with van der Waals surface area (Å²) >= 11 is 5.84. The summed E-state index contributed by atoms with van der Waals surface area (Å²) in [5.41, 5.74) is 5.20. The predicted molar refractivity (Wildman–Crippen MR) is 79.1 cm³/mol. The zero-order valence-electron chi connectivity index (χ0n) is 11.4. The van der Waals surface area contributed by atoms with Gasteiger partial charge in [0.25, 0.3) is 0 Å². The van der Waals surface area contributed by atoms with Gasteiger partial charge in [-0.15, -0.1) is 0 Å². The maximum atomic E-state index is 13.3. The van der Waals surface area contributed by atoms with Gasteiger partial charge in [-0.05, 0) is 31.4 Å². The van der Waals surface area contributed by atoms with E-state index in [1.54, 1.807) is 0 Å². The molecule has 21 heavy (non-hydrogen) atoms. The molecule has 0 spiro atoms. The third-order valence-electron chi connectivity index (χ3n) is 3.95. The first-order chi connectivity index (χ1) is 9.87. The van der Waals surface area contributed by atoms with Crippen LogP contribution in [0.3, 0.4) is 0 Å². The molecule has 1 aliphatic carbocycles. The second-order valence-corrected chi connectivity index (χ2v) is 7.73. The number of nitrogen functional groups attached to an aromatic ring is 1. The monoisotopic (exact) mass is 333 g/mol. The molecule has 1 unspecified atom stereocenters. The summed E-state index contributed by atoms with van der Waals surface area (Å²) in [6.07, 6.45) is 3.16. The molecule has 0 amide bonds. The lowest BCUT2D eigenvalue weighted by Crippen LogP contribution is -2.37. The van der Waals surface area contributed by atoms with Crippen molar-refractivity contribution in [1.29, 1.82) is 0 Å². The van der Waals surface area contributed by atoms with E-state index < -0.39 is 15.8 Å². The first-order valence-electron chi connectivity index (χ1n) is 6.88. The molecule has 3 rings (SSSR count). The topological polar surface area (TPSA) is 75.4 Å². The molecule has 0 aromatic heterocycles. The van der Waals surface area contributed by atoms with Gasteiger partial charge < -0.3 is 5.73 Å². The van der Waals surface area contributed by atoms with E-state index in [1.165, 1.54) is 12.8 Å². The average Bonchev–Trinajstić information content (AvgIpc) is 3.15. The molecule has 5 nitrogen and oxygen atoms in total. The van der Waals surface area contributed by atoms with Crippen LogP contribution >= 0.6 is 11.6 Å². The summed E-state index contributed by atoms with van der Waals surface area (Å²) in [6, 6.07) is 2.46. The number of nitrogens with two attached hydrogens (primary N) is 1. The Morgan fingerprint density at radius 3 is 2.71 bits per heavy atom. The number of sulfonamides is 1. The van der Waals surface area contributed by atoms with Crippen molar-refractivity contribution < 1.29 is 12.8 Å². The standard InChI is InChI=1S/C13H17ClFN3O2S/c14-10-5-11(15)12(16)6-13(10)21(19,20)17-8-3-4-18(7-8)9-1-2-9/h5-6,8-9,17H,1-4,7,16H2. The molecular formula is C13H17ClFN3O2S. The Balaban J connectivity index is 1.76. The largest absolute Gasteiger partial charge is 0.396 e. The van der Waals surface area contributed by atoms with Crippen molar-refractivity contribution in [2.45, 2.75) is 36.2 Å². The fraction of sp³-hybridized carbons (Fsp3) is 0.538. The van der Waals surface area contributed by atoms with E-state index in [1.807, 2.05) is 0 Å². The number of nitrogens with one attached hydrogen (secondary N) is 1. The SMILES string of the molecule is Nc1cc(S(=O)(=O)NC2CCN(C3CC3)C2)c(Cl)cc1F. The first kappa shape index (κ1) is 15.0. The molecule has 2 fully saturated rings. The Morgan fingerprint density at radius 1 is 1.33 bits per heavy atom. The van der Waals surface area contributed by atoms with Gasteiger partial charge in [-0.25, -0.2) is 17.5 Å². The lowest BCUT2D eigenvalue weighted by atomic mass is 10.3. The van der Waals surface area contributed by atoms with E-state index in [0.717, 1.165) is 25.1 Å². The minimum atomic E-state index is -3.80. The third kappa shape index (κ3) is 3.15. The van der Waals surface area contributed by atoms with Crippen molar-refractivity contribution in [2.24, 2.45) is 0 Å². The van der Waals surface area contributed by atoms with Crippen LogP contribution in [0, 0.1) is 5.82 Å². The molecule has 1 saturated carbocycles. The lowest BCUT2D eigenvalue weighted by molar-refractivity contribution is 0.322. The van der Waals surface area contributed by atoms with Crippen LogP contribution in [0.2, 0.25) is 5.02 Å². The number of benzene rings is 1. The van der Waals surface area contributed by atoms with Crippen LogP contribution in [-0.2, 0) is 10.0 Å². The number of likely N-dealkylation sites (tertiary alicyclic amines) is 1. The highest BCUT2D eigenvalue weighted by Gasteiger charge is 2.36. The summed E-state index contributed by atoms with van der Waals surface area (Å²) in [6.45, 7) is 1.61. The van der Waals surface area contributed by atoms with Gasteiger partial charge >= 0.3 is 0 Å². The maximum absolute atomic E-state index is 13.3. The van der Waals surface area contributed by atoms with Crippen molar-refractivity contribution in [1.82, 2.24) is 9.62 Å². The number of anilines is 1. The minimum Gasteiger partial charge on any atom is -0.396 e. The second-order valence-electron chi connectivity index (χ2n) is 5.64. The first-order valence-corrected chi connectivity index (χ1v) is 8.74. The summed E-state index contributed by atoms with van der Waals surface area (Å²) in [4.78, 5) is 2.13. The van der Waals surface area contributed by atoms with Gasteiger partial charge in [0, 0.05) is 25.2 Å². The van der Waals surface area contributed by atoms with Gasteiger partial charge in [-0.1, -0.05) is 11.6 Å². The molecule has 1 aromatic rings. The van der Waals surface area contributed by atoms with Crippen LogP contribution in [0.25, 0.3) is 0 Å². The van der Waals surface area contributed by atoms with Crippen LogP contribution in [0.4, 0.5) is 10.1 Å². The van der Waals surface area contributed by atoms with Gasteiger partial charge in [0.2, 0.25) is 10.0 Å². The Labute approximate surface area is 128 Å². The predicted octanol–water partition coefficient (Wildman–Crippen LogP) is 1.58. The van der Waals surface area contributed by atoms with E-state index in [4.69, 9.17) is 17.3 Å². The number of rotatable bonds is 4.